The summed E-state index contributed by atoms with van der Waals surface area (Å²) in [6.45, 7) is 3.24. The van der Waals surface area contributed by atoms with Gasteiger partial charge in [-0.15, -0.1) is 0 Å². The Kier molecular flexibility index (Phi) is 4.41. The van der Waals surface area contributed by atoms with E-state index in [1.54, 1.807) is 12.1 Å². The van der Waals surface area contributed by atoms with Crippen molar-refractivity contribution in [3.8, 4) is 0 Å². The van der Waals surface area contributed by atoms with Crippen molar-refractivity contribution >= 4 is 11.6 Å². The van der Waals surface area contributed by atoms with Crippen LogP contribution in [0.4, 0.5) is 4.39 Å². The van der Waals surface area contributed by atoms with Crippen LogP contribution in [0, 0.1) is 11.7 Å². The Bertz CT molecular complexity index is 376. The predicted molar refractivity (Wildman–Crippen MR) is 69.9 cm³/mol. The summed E-state index contributed by atoms with van der Waals surface area (Å²) >= 11 is 6.05. The van der Waals surface area contributed by atoms with Gasteiger partial charge in [0.2, 0.25) is 0 Å². The SMILES string of the molecule is CC(CCNC1CC1)Cc1cc(F)ccc1Cl. The molecule has 1 nitrogen and oxygen atoms in total. The Morgan fingerprint density at radius 2 is 2.24 bits per heavy atom. The van der Waals surface area contributed by atoms with Crippen LogP contribution in [0.1, 0.15) is 31.7 Å². The lowest BCUT2D eigenvalue weighted by Gasteiger charge is -2.13. The average molecular weight is 256 g/mol. The van der Waals surface area contributed by atoms with E-state index in [-0.39, 0.29) is 5.82 Å². The van der Waals surface area contributed by atoms with Gasteiger partial charge in [0.1, 0.15) is 5.82 Å². The molecule has 0 aromatic heterocycles. The molecule has 17 heavy (non-hydrogen) atoms. The Morgan fingerprint density at radius 1 is 1.47 bits per heavy atom. The van der Waals surface area contributed by atoms with Gasteiger partial charge in [-0.1, -0.05) is 18.5 Å². The second kappa shape index (κ2) is 5.83. The molecule has 1 N–H and O–H groups in total. The Morgan fingerprint density at radius 3 is 2.94 bits per heavy atom. The van der Waals surface area contributed by atoms with Crippen molar-refractivity contribution in [2.75, 3.05) is 6.54 Å². The van der Waals surface area contributed by atoms with Crippen molar-refractivity contribution in [2.24, 2.45) is 5.92 Å². The normalized spacial score (nSPS) is 17.1. The minimum atomic E-state index is -0.201. The van der Waals surface area contributed by atoms with Crippen LogP contribution < -0.4 is 5.32 Å². The van der Waals surface area contributed by atoms with Gasteiger partial charge >= 0.3 is 0 Å². The van der Waals surface area contributed by atoms with Gasteiger partial charge in [-0.25, -0.2) is 4.39 Å². The van der Waals surface area contributed by atoms with E-state index >= 15 is 0 Å². The lowest BCUT2D eigenvalue weighted by Crippen LogP contribution is -2.20. The number of rotatable bonds is 6. The first-order valence-electron chi connectivity index (χ1n) is 6.32. The van der Waals surface area contributed by atoms with Gasteiger partial charge in [-0.05, 0) is 61.9 Å². The highest BCUT2D eigenvalue weighted by molar-refractivity contribution is 6.31. The Hall–Kier alpha value is -0.600. The molecule has 0 saturated heterocycles. The van der Waals surface area contributed by atoms with Crippen molar-refractivity contribution in [2.45, 2.75) is 38.6 Å². The fourth-order valence-electron chi connectivity index (χ4n) is 2.00. The smallest absolute Gasteiger partial charge is 0.123 e. The van der Waals surface area contributed by atoms with Gasteiger partial charge in [0.05, 0.1) is 0 Å². The third-order valence-corrected chi connectivity index (χ3v) is 3.59. The summed E-state index contributed by atoms with van der Waals surface area (Å²) < 4.78 is 13.1. The molecule has 1 atom stereocenters. The van der Waals surface area contributed by atoms with Crippen LogP contribution in [0.25, 0.3) is 0 Å². The van der Waals surface area contributed by atoms with Gasteiger partial charge < -0.3 is 5.32 Å². The maximum Gasteiger partial charge on any atom is 0.123 e. The van der Waals surface area contributed by atoms with Crippen LogP contribution in [-0.2, 0) is 6.42 Å². The van der Waals surface area contributed by atoms with Crippen LogP contribution in [0.15, 0.2) is 18.2 Å². The molecule has 1 aliphatic carbocycles. The number of nitrogens with one attached hydrogen (secondary N) is 1. The maximum atomic E-state index is 13.1. The van der Waals surface area contributed by atoms with Crippen LogP contribution in [0.2, 0.25) is 5.02 Å². The molecule has 1 aromatic carbocycles. The second-order valence-electron chi connectivity index (χ2n) is 5.06. The van der Waals surface area contributed by atoms with E-state index in [0.717, 1.165) is 31.0 Å². The van der Waals surface area contributed by atoms with Crippen LogP contribution >= 0.6 is 11.6 Å². The summed E-state index contributed by atoms with van der Waals surface area (Å²) in [5.74, 6) is 0.327. The summed E-state index contributed by atoms with van der Waals surface area (Å²) in [4.78, 5) is 0. The molecule has 0 spiro atoms. The number of benzene rings is 1. The minimum absolute atomic E-state index is 0.201. The van der Waals surface area contributed by atoms with Crippen molar-refractivity contribution in [3.05, 3.63) is 34.6 Å². The van der Waals surface area contributed by atoms with Gasteiger partial charge in [-0.2, -0.15) is 0 Å². The van der Waals surface area contributed by atoms with E-state index in [1.807, 2.05) is 0 Å². The summed E-state index contributed by atoms with van der Waals surface area (Å²) in [6, 6.07) is 5.36. The molecule has 1 unspecified atom stereocenters. The van der Waals surface area contributed by atoms with E-state index in [2.05, 4.69) is 12.2 Å². The van der Waals surface area contributed by atoms with E-state index in [0.29, 0.717) is 10.9 Å². The first-order chi connectivity index (χ1) is 8.15. The minimum Gasteiger partial charge on any atom is -0.314 e. The number of halogens is 2. The topological polar surface area (TPSA) is 12.0 Å². The molecule has 0 aliphatic heterocycles. The Balaban J connectivity index is 1.79. The predicted octanol–water partition coefficient (Wildman–Crippen LogP) is 3.80. The third-order valence-electron chi connectivity index (χ3n) is 3.22. The zero-order valence-electron chi connectivity index (χ0n) is 10.2. The zero-order valence-corrected chi connectivity index (χ0v) is 10.9. The molecule has 94 valence electrons. The van der Waals surface area contributed by atoms with Crippen molar-refractivity contribution in [1.29, 1.82) is 0 Å². The van der Waals surface area contributed by atoms with Gasteiger partial charge in [0.15, 0.2) is 0 Å². The van der Waals surface area contributed by atoms with Gasteiger partial charge in [-0.3, -0.25) is 0 Å². The first kappa shape index (κ1) is 12.8. The molecule has 1 aromatic rings. The molecule has 2 rings (SSSR count). The van der Waals surface area contributed by atoms with E-state index in [9.17, 15) is 4.39 Å². The molecular weight excluding hydrogens is 237 g/mol. The molecule has 0 heterocycles. The highest BCUT2D eigenvalue weighted by Gasteiger charge is 2.20. The van der Waals surface area contributed by atoms with E-state index in [4.69, 9.17) is 11.6 Å². The maximum absolute atomic E-state index is 13.1. The van der Waals surface area contributed by atoms with Crippen molar-refractivity contribution in [1.82, 2.24) is 5.32 Å². The molecular formula is C14H19ClFN. The molecule has 1 fully saturated rings. The summed E-state index contributed by atoms with van der Waals surface area (Å²) in [7, 11) is 0. The number of hydrogen-bond donors (Lipinski definition) is 1. The summed E-state index contributed by atoms with van der Waals surface area (Å²) in [5.41, 5.74) is 0.922. The highest BCUT2D eigenvalue weighted by atomic mass is 35.5. The highest BCUT2D eigenvalue weighted by Crippen LogP contribution is 2.22. The molecule has 0 amide bonds. The van der Waals surface area contributed by atoms with Gasteiger partial charge in [0.25, 0.3) is 0 Å². The van der Waals surface area contributed by atoms with Crippen LogP contribution in [0.5, 0.6) is 0 Å². The number of hydrogen-bond acceptors (Lipinski definition) is 1. The largest absolute Gasteiger partial charge is 0.314 e. The third kappa shape index (κ3) is 4.29. The quantitative estimate of drug-likeness (QED) is 0.815. The Labute approximate surface area is 107 Å². The van der Waals surface area contributed by atoms with Gasteiger partial charge in [0, 0.05) is 11.1 Å². The van der Waals surface area contributed by atoms with Crippen molar-refractivity contribution in [3.63, 3.8) is 0 Å². The molecule has 0 radical (unpaired) electrons. The second-order valence-corrected chi connectivity index (χ2v) is 5.47. The van der Waals surface area contributed by atoms with E-state index < -0.39 is 0 Å². The molecule has 0 bridgehead atoms. The summed E-state index contributed by atoms with van der Waals surface area (Å²) in [6.07, 6.45) is 4.61. The fourth-order valence-corrected chi connectivity index (χ4v) is 2.19. The van der Waals surface area contributed by atoms with E-state index in [1.165, 1.54) is 18.9 Å². The zero-order chi connectivity index (χ0) is 12.3. The summed E-state index contributed by atoms with van der Waals surface area (Å²) in [5, 5.41) is 4.17. The fraction of sp³-hybridized carbons (Fsp3) is 0.571. The lowest BCUT2D eigenvalue weighted by atomic mass is 9.98. The van der Waals surface area contributed by atoms with Crippen LogP contribution in [0.3, 0.4) is 0 Å². The van der Waals surface area contributed by atoms with Crippen LogP contribution in [-0.4, -0.2) is 12.6 Å². The lowest BCUT2D eigenvalue weighted by molar-refractivity contribution is 0.496. The first-order valence-corrected chi connectivity index (χ1v) is 6.70. The molecule has 1 aliphatic rings. The molecule has 1 saturated carbocycles. The average Bonchev–Trinajstić information content (AvgIpc) is 3.07. The van der Waals surface area contributed by atoms with Crippen molar-refractivity contribution < 1.29 is 4.39 Å². The standard InChI is InChI=1S/C14H19ClFN/c1-10(6-7-17-13-3-4-13)8-11-9-12(16)2-5-14(11)15/h2,5,9-10,13,17H,3-4,6-8H2,1H3. The monoisotopic (exact) mass is 255 g/mol. The molecule has 3 heteroatoms.